The first kappa shape index (κ1) is 14.8. The average Bonchev–Trinajstić information content (AvgIpc) is 2.30. The van der Waals surface area contributed by atoms with E-state index in [0.717, 1.165) is 12.0 Å². The number of hydrogen-bond acceptors (Lipinski definition) is 3. The molecule has 1 atom stereocenters. The van der Waals surface area contributed by atoms with Gasteiger partial charge >= 0.3 is 0 Å². The van der Waals surface area contributed by atoms with Crippen molar-refractivity contribution in [3.63, 3.8) is 0 Å². The first-order chi connectivity index (χ1) is 8.40. The molecule has 0 aliphatic heterocycles. The molecule has 1 unspecified atom stereocenters. The van der Waals surface area contributed by atoms with Crippen LogP contribution in [0.3, 0.4) is 0 Å². The van der Waals surface area contributed by atoms with Crippen LogP contribution >= 0.6 is 0 Å². The monoisotopic (exact) mass is 252 g/mol. The molecule has 2 N–H and O–H groups in total. The minimum atomic E-state index is -0.684. The Morgan fingerprint density at radius 3 is 2.50 bits per heavy atom. The standard InChI is InChI=1S/C15H24O3/c1-5-15(17,9-11(2)3)10-12-6-7-13(16)14(8-12)18-4/h6-8,11,16-17H,5,9-10H2,1-4H3. The summed E-state index contributed by atoms with van der Waals surface area (Å²) in [6.07, 6.45) is 2.07. The fourth-order valence-corrected chi connectivity index (χ4v) is 2.31. The lowest BCUT2D eigenvalue weighted by atomic mass is 9.84. The third-order valence-electron chi connectivity index (χ3n) is 3.22. The predicted molar refractivity (Wildman–Crippen MR) is 73.1 cm³/mol. The second-order valence-electron chi connectivity index (χ2n) is 5.36. The van der Waals surface area contributed by atoms with E-state index >= 15 is 0 Å². The van der Waals surface area contributed by atoms with Gasteiger partial charge in [0.2, 0.25) is 0 Å². The van der Waals surface area contributed by atoms with Crippen molar-refractivity contribution in [1.82, 2.24) is 0 Å². The first-order valence-corrected chi connectivity index (χ1v) is 6.48. The van der Waals surface area contributed by atoms with Crippen LogP contribution in [-0.4, -0.2) is 22.9 Å². The average molecular weight is 252 g/mol. The van der Waals surface area contributed by atoms with Gasteiger partial charge in [-0.25, -0.2) is 0 Å². The highest BCUT2D eigenvalue weighted by Crippen LogP contribution is 2.30. The number of aliphatic hydroxyl groups is 1. The van der Waals surface area contributed by atoms with Crippen molar-refractivity contribution in [3.05, 3.63) is 23.8 Å². The van der Waals surface area contributed by atoms with Gasteiger partial charge in [-0.05, 0) is 36.5 Å². The van der Waals surface area contributed by atoms with Crippen molar-refractivity contribution < 1.29 is 14.9 Å². The number of phenolic OH excluding ortho intramolecular Hbond substituents is 1. The second-order valence-corrected chi connectivity index (χ2v) is 5.36. The van der Waals surface area contributed by atoms with Crippen molar-refractivity contribution in [1.29, 1.82) is 0 Å². The van der Waals surface area contributed by atoms with Gasteiger partial charge in [0.25, 0.3) is 0 Å². The molecule has 0 saturated carbocycles. The van der Waals surface area contributed by atoms with E-state index in [1.807, 2.05) is 13.0 Å². The number of hydrogen-bond donors (Lipinski definition) is 2. The van der Waals surface area contributed by atoms with E-state index in [1.54, 1.807) is 12.1 Å². The minimum Gasteiger partial charge on any atom is -0.504 e. The summed E-state index contributed by atoms with van der Waals surface area (Å²) in [7, 11) is 1.53. The van der Waals surface area contributed by atoms with E-state index in [4.69, 9.17) is 4.74 Å². The van der Waals surface area contributed by atoms with Crippen LogP contribution in [0.4, 0.5) is 0 Å². The molecule has 0 radical (unpaired) electrons. The van der Waals surface area contributed by atoms with Gasteiger partial charge in [0, 0.05) is 6.42 Å². The van der Waals surface area contributed by atoms with Gasteiger partial charge in [0.1, 0.15) is 0 Å². The summed E-state index contributed by atoms with van der Waals surface area (Å²) in [5, 5.41) is 20.1. The Balaban J connectivity index is 2.87. The van der Waals surface area contributed by atoms with Gasteiger partial charge in [0.15, 0.2) is 11.5 Å². The minimum absolute atomic E-state index is 0.130. The zero-order chi connectivity index (χ0) is 13.8. The van der Waals surface area contributed by atoms with Crippen LogP contribution in [0.25, 0.3) is 0 Å². The molecule has 3 nitrogen and oxygen atoms in total. The SMILES string of the molecule is CCC(O)(Cc1ccc(O)c(OC)c1)CC(C)C. The third kappa shape index (κ3) is 3.91. The van der Waals surface area contributed by atoms with Crippen molar-refractivity contribution in [2.75, 3.05) is 7.11 Å². The summed E-state index contributed by atoms with van der Waals surface area (Å²) in [6, 6.07) is 5.23. The van der Waals surface area contributed by atoms with Crippen molar-refractivity contribution in [2.45, 2.75) is 45.6 Å². The van der Waals surface area contributed by atoms with Crippen LogP contribution in [0.15, 0.2) is 18.2 Å². The maximum Gasteiger partial charge on any atom is 0.160 e. The molecule has 1 aromatic carbocycles. The number of benzene rings is 1. The lowest BCUT2D eigenvalue weighted by molar-refractivity contribution is 0.0161. The molecule has 0 aliphatic rings. The maximum atomic E-state index is 10.6. The lowest BCUT2D eigenvalue weighted by Crippen LogP contribution is -2.32. The summed E-state index contributed by atoms with van der Waals surface area (Å²) >= 11 is 0. The molecule has 18 heavy (non-hydrogen) atoms. The Hall–Kier alpha value is -1.22. The van der Waals surface area contributed by atoms with Gasteiger partial charge in [-0.3, -0.25) is 0 Å². The normalized spacial score (nSPS) is 14.6. The van der Waals surface area contributed by atoms with E-state index in [2.05, 4.69) is 13.8 Å². The molecule has 0 aromatic heterocycles. The van der Waals surface area contributed by atoms with Crippen molar-refractivity contribution in [2.24, 2.45) is 5.92 Å². The molecule has 1 aromatic rings. The Morgan fingerprint density at radius 1 is 1.33 bits per heavy atom. The fourth-order valence-electron chi connectivity index (χ4n) is 2.31. The molecule has 0 fully saturated rings. The number of phenols is 1. The summed E-state index contributed by atoms with van der Waals surface area (Å²) in [6.45, 7) is 6.22. The van der Waals surface area contributed by atoms with Crippen LogP contribution in [0, 0.1) is 5.92 Å². The number of rotatable bonds is 6. The van der Waals surface area contributed by atoms with Crippen molar-refractivity contribution in [3.8, 4) is 11.5 Å². The topological polar surface area (TPSA) is 49.7 Å². The van der Waals surface area contributed by atoms with Crippen LogP contribution < -0.4 is 4.74 Å². The molecule has 0 saturated heterocycles. The summed E-state index contributed by atoms with van der Waals surface area (Å²) in [5.41, 5.74) is 0.297. The van der Waals surface area contributed by atoms with Gasteiger partial charge in [0.05, 0.1) is 12.7 Å². The zero-order valence-electron chi connectivity index (χ0n) is 11.7. The van der Waals surface area contributed by atoms with Gasteiger partial charge in [-0.1, -0.05) is 26.8 Å². The highest BCUT2D eigenvalue weighted by Gasteiger charge is 2.26. The molecule has 0 amide bonds. The smallest absolute Gasteiger partial charge is 0.160 e. The zero-order valence-corrected chi connectivity index (χ0v) is 11.7. The van der Waals surface area contributed by atoms with Crippen LogP contribution in [-0.2, 0) is 6.42 Å². The number of ether oxygens (including phenoxy) is 1. The lowest BCUT2D eigenvalue weighted by Gasteiger charge is -2.29. The van der Waals surface area contributed by atoms with E-state index in [9.17, 15) is 10.2 Å². The molecule has 1 rings (SSSR count). The van der Waals surface area contributed by atoms with Crippen LogP contribution in [0.2, 0.25) is 0 Å². The first-order valence-electron chi connectivity index (χ1n) is 6.48. The summed E-state index contributed by atoms with van der Waals surface area (Å²) < 4.78 is 5.08. The predicted octanol–water partition coefficient (Wildman–Crippen LogP) is 3.13. The highest BCUT2D eigenvalue weighted by molar-refractivity contribution is 5.42. The fraction of sp³-hybridized carbons (Fsp3) is 0.600. The van der Waals surface area contributed by atoms with E-state index in [0.29, 0.717) is 24.5 Å². The van der Waals surface area contributed by atoms with Crippen molar-refractivity contribution >= 4 is 0 Å². The van der Waals surface area contributed by atoms with Gasteiger partial charge in [-0.2, -0.15) is 0 Å². The quantitative estimate of drug-likeness (QED) is 0.817. The molecular weight excluding hydrogens is 228 g/mol. The van der Waals surface area contributed by atoms with E-state index in [1.165, 1.54) is 7.11 Å². The summed E-state index contributed by atoms with van der Waals surface area (Å²) in [5.74, 6) is 1.04. The van der Waals surface area contributed by atoms with Crippen LogP contribution in [0.1, 0.15) is 39.2 Å². The Morgan fingerprint density at radius 2 is 2.00 bits per heavy atom. The molecular formula is C15H24O3. The Labute approximate surface area is 109 Å². The molecule has 0 spiro atoms. The molecule has 0 heterocycles. The molecule has 0 bridgehead atoms. The maximum absolute atomic E-state index is 10.6. The number of aromatic hydroxyl groups is 1. The van der Waals surface area contributed by atoms with E-state index in [-0.39, 0.29) is 5.75 Å². The highest BCUT2D eigenvalue weighted by atomic mass is 16.5. The van der Waals surface area contributed by atoms with E-state index < -0.39 is 5.60 Å². The van der Waals surface area contributed by atoms with Gasteiger partial charge in [-0.15, -0.1) is 0 Å². The summed E-state index contributed by atoms with van der Waals surface area (Å²) in [4.78, 5) is 0. The van der Waals surface area contributed by atoms with Gasteiger partial charge < -0.3 is 14.9 Å². The third-order valence-corrected chi connectivity index (χ3v) is 3.22. The largest absolute Gasteiger partial charge is 0.504 e. The second kappa shape index (κ2) is 6.10. The van der Waals surface area contributed by atoms with Crippen LogP contribution in [0.5, 0.6) is 11.5 Å². The molecule has 3 heteroatoms. The Bertz CT molecular complexity index is 387. The molecule has 0 aliphatic carbocycles. The number of methoxy groups -OCH3 is 1. The molecule has 102 valence electrons. The Kier molecular flexibility index (Phi) is 5.03.